The van der Waals surface area contributed by atoms with Crippen molar-refractivity contribution < 1.29 is 4.79 Å². The number of hydrogen-bond donors (Lipinski definition) is 1. The molecule has 2 heteroatoms. The number of nitrogens with two attached hydrogens (primary N) is 1. The predicted octanol–water partition coefficient (Wildman–Crippen LogP) is 2.47. The van der Waals surface area contributed by atoms with Crippen molar-refractivity contribution in [3.63, 3.8) is 0 Å². The van der Waals surface area contributed by atoms with Crippen molar-refractivity contribution in [1.29, 1.82) is 0 Å². The molecule has 0 fully saturated rings. The van der Waals surface area contributed by atoms with Crippen molar-refractivity contribution in [1.82, 2.24) is 0 Å². The van der Waals surface area contributed by atoms with E-state index >= 15 is 0 Å². The topological polar surface area (TPSA) is 43.1 Å². The lowest BCUT2D eigenvalue weighted by Crippen LogP contribution is -2.28. The summed E-state index contributed by atoms with van der Waals surface area (Å²) in [5.41, 5.74) is 7.31. The Labute approximate surface area is 90.8 Å². The lowest BCUT2D eigenvalue weighted by Gasteiger charge is -2.21. The van der Waals surface area contributed by atoms with Crippen molar-refractivity contribution in [2.75, 3.05) is 0 Å². The van der Waals surface area contributed by atoms with Crippen LogP contribution in [0.25, 0.3) is 0 Å². The highest BCUT2D eigenvalue weighted by molar-refractivity contribution is 5.80. The highest BCUT2D eigenvalue weighted by atomic mass is 16.1. The summed E-state index contributed by atoms with van der Waals surface area (Å²) in [7, 11) is 0. The maximum Gasteiger partial charge on any atom is 0.225 e. The summed E-state index contributed by atoms with van der Waals surface area (Å²) in [4.78, 5) is 11.3. The lowest BCUT2D eigenvalue weighted by atomic mass is 9.83. The number of carbonyl (C=O) groups excluding carboxylic acids is 1. The van der Waals surface area contributed by atoms with Gasteiger partial charge in [0.15, 0.2) is 0 Å². The van der Waals surface area contributed by atoms with Gasteiger partial charge in [-0.25, -0.2) is 0 Å². The number of primary amides is 1. The molecule has 0 aliphatic carbocycles. The molecule has 0 unspecified atom stereocenters. The van der Waals surface area contributed by atoms with Crippen LogP contribution in [0.15, 0.2) is 42.5 Å². The summed E-state index contributed by atoms with van der Waals surface area (Å²) in [6.07, 6.45) is 0. The highest BCUT2D eigenvalue weighted by Crippen LogP contribution is 2.28. The van der Waals surface area contributed by atoms with Gasteiger partial charge in [-0.2, -0.15) is 0 Å². The molecule has 0 radical (unpaired) electrons. The van der Waals surface area contributed by atoms with E-state index in [9.17, 15) is 4.79 Å². The summed E-state index contributed by atoms with van der Waals surface area (Å²) in [5.74, 6) is -0.507. The third kappa shape index (κ3) is 2.69. The Morgan fingerprint density at radius 1 is 1.33 bits per heavy atom. The maximum atomic E-state index is 11.3. The molecule has 2 nitrogen and oxygen atoms in total. The van der Waals surface area contributed by atoms with Crippen LogP contribution in [0.1, 0.15) is 25.3 Å². The van der Waals surface area contributed by atoms with Crippen molar-refractivity contribution >= 4 is 5.91 Å². The largest absolute Gasteiger partial charge is 0.369 e. The van der Waals surface area contributed by atoms with Crippen molar-refractivity contribution in [2.45, 2.75) is 19.8 Å². The molecule has 0 spiro atoms. The van der Waals surface area contributed by atoms with Crippen LogP contribution in [0.3, 0.4) is 0 Å². The normalized spacial score (nSPS) is 14.3. The van der Waals surface area contributed by atoms with E-state index in [1.165, 1.54) is 0 Å². The fraction of sp³-hybridized carbons (Fsp3) is 0.308. The Kier molecular flexibility index (Phi) is 3.67. The van der Waals surface area contributed by atoms with Gasteiger partial charge in [0.2, 0.25) is 5.91 Å². The quantitative estimate of drug-likeness (QED) is 0.750. The minimum Gasteiger partial charge on any atom is -0.369 e. The molecule has 80 valence electrons. The van der Waals surface area contributed by atoms with Gasteiger partial charge in [-0.05, 0) is 18.4 Å². The van der Waals surface area contributed by atoms with Crippen molar-refractivity contribution in [3.05, 3.63) is 48.0 Å². The van der Waals surface area contributed by atoms with Crippen molar-refractivity contribution in [2.24, 2.45) is 11.7 Å². The second-order valence-corrected chi connectivity index (χ2v) is 3.93. The maximum absolute atomic E-state index is 11.3. The summed E-state index contributed by atoms with van der Waals surface area (Å²) in [6, 6.07) is 9.88. The average molecular weight is 203 g/mol. The van der Waals surface area contributed by atoms with Crippen LogP contribution in [0.5, 0.6) is 0 Å². The second kappa shape index (κ2) is 4.78. The van der Waals surface area contributed by atoms with Crippen LogP contribution in [0.2, 0.25) is 0 Å². The number of hydrogen-bond acceptors (Lipinski definition) is 1. The number of rotatable bonds is 4. The third-order valence-electron chi connectivity index (χ3n) is 2.66. The SMILES string of the molecule is C=C(C)[C@H](C(N)=O)[C@@H](C)c1ccccc1. The van der Waals surface area contributed by atoms with E-state index in [4.69, 9.17) is 5.73 Å². The first-order valence-electron chi connectivity index (χ1n) is 5.03. The molecule has 0 saturated heterocycles. The van der Waals surface area contributed by atoms with Crippen LogP contribution >= 0.6 is 0 Å². The van der Waals surface area contributed by atoms with Crippen LogP contribution < -0.4 is 5.73 Å². The van der Waals surface area contributed by atoms with Gasteiger partial charge in [-0.3, -0.25) is 4.79 Å². The molecule has 1 aromatic rings. The van der Waals surface area contributed by atoms with Gasteiger partial charge in [-0.1, -0.05) is 49.4 Å². The zero-order valence-corrected chi connectivity index (χ0v) is 9.23. The first-order valence-corrected chi connectivity index (χ1v) is 5.03. The molecule has 2 N–H and O–H groups in total. The summed E-state index contributed by atoms with van der Waals surface area (Å²) >= 11 is 0. The van der Waals surface area contributed by atoms with E-state index in [1.807, 2.05) is 44.2 Å². The monoisotopic (exact) mass is 203 g/mol. The molecule has 1 amide bonds. The number of carbonyl (C=O) groups is 1. The Morgan fingerprint density at radius 2 is 1.87 bits per heavy atom. The molecule has 0 heterocycles. The van der Waals surface area contributed by atoms with Crippen molar-refractivity contribution in [3.8, 4) is 0 Å². The molecule has 0 aliphatic heterocycles. The molecular formula is C13H17NO. The Balaban J connectivity index is 2.96. The van der Waals surface area contributed by atoms with E-state index in [2.05, 4.69) is 6.58 Å². The zero-order valence-electron chi connectivity index (χ0n) is 9.23. The number of amides is 1. The molecule has 15 heavy (non-hydrogen) atoms. The second-order valence-electron chi connectivity index (χ2n) is 3.93. The van der Waals surface area contributed by atoms with Gasteiger partial charge < -0.3 is 5.73 Å². The smallest absolute Gasteiger partial charge is 0.225 e. The first-order chi connectivity index (χ1) is 7.04. The third-order valence-corrected chi connectivity index (χ3v) is 2.66. The summed E-state index contributed by atoms with van der Waals surface area (Å²) in [6.45, 7) is 7.66. The molecular weight excluding hydrogens is 186 g/mol. The molecule has 1 aromatic carbocycles. The first kappa shape index (κ1) is 11.5. The van der Waals surface area contributed by atoms with Crippen LogP contribution in [-0.4, -0.2) is 5.91 Å². The van der Waals surface area contributed by atoms with Crippen LogP contribution in [0, 0.1) is 5.92 Å². The Bertz CT molecular complexity index is 342. The fourth-order valence-corrected chi connectivity index (χ4v) is 1.87. The summed E-state index contributed by atoms with van der Waals surface area (Å²) in [5, 5.41) is 0. The van der Waals surface area contributed by atoms with Gasteiger partial charge in [0, 0.05) is 0 Å². The Morgan fingerprint density at radius 3 is 2.27 bits per heavy atom. The van der Waals surface area contributed by atoms with Crippen LogP contribution in [-0.2, 0) is 4.79 Å². The predicted molar refractivity (Wildman–Crippen MR) is 62.4 cm³/mol. The van der Waals surface area contributed by atoms with Gasteiger partial charge in [-0.15, -0.1) is 0 Å². The van der Waals surface area contributed by atoms with Gasteiger partial charge in [0.25, 0.3) is 0 Å². The standard InChI is InChI=1S/C13H17NO/c1-9(2)12(13(14)15)10(3)11-7-5-4-6-8-11/h4-8,10,12H,1H2,2-3H3,(H2,14,15)/t10-,12-/m0/s1. The van der Waals surface area contributed by atoms with E-state index in [0.29, 0.717) is 0 Å². The zero-order chi connectivity index (χ0) is 11.4. The fourth-order valence-electron chi connectivity index (χ4n) is 1.87. The van der Waals surface area contributed by atoms with Gasteiger partial charge in [0.1, 0.15) is 0 Å². The lowest BCUT2D eigenvalue weighted by molar-refractivity contribution is -0.121. The van der Waals surface area contributed by atoms with Gasteiger partial charge >= 0.3 is 0 Å². The minimum absolute atomic E-state index is 0.0844. The van der Waals surface area contributed by atoms with E-state index in [1.54, 1.807) is 0 Å². The Hall–Kier alpha value is -1.57. The molecule has 2 atom stereocenters. The molecule has 0 aliphatic rings. The van der Waals surface area contributed by atoms with E-state index in [-0.39, 0.29) is 17.7 Å². The summed E-state index contributed by atoms with van der Waals surface area (Å²) < 4.78 is 0. The molecule has 0 aromatic heterocycles. The van der Waals surface area contributed by atoms with E-state index in [0.717, 1.165) is 11.1 Å². The molecule has 1 rings (SSSR count). The molecule has 0 bridgehead atoms. The van der Waals surface area contributed by atoms with Crippen LogP contribution in [0.4, 0.5) is 0 Å². The minimum atomic E-state index is -0.307. The highest BCUT2D eigenvalue weighted by Gasteiger charge is 2.24. The average Bonchev–Trinajstić information content (AvgIpc) is 2.18. The van der Waals surface area contributed by atoms with E-state index < -0.39 is 0 Å². The number of benzene rings is 1. The molecule has 0 saturated carbocycles. The van der Waals surface area contributed by atoms with Gasteiger partial charge in [0.05, 0.1) is 5.92 Å².